The predicted molar refractivity (Wildman–Crippen MR) is 69.8 cm³/mol. The lowest BCUT2D eigenvalue weighted by atomic mass is 9.92. The highest BCUT2D eigenvalue weighted by Gasteiger charge is 2.12. The summed E-state index contributed by atoms with van der Waals surface area (Å²) in [4.78, 5) is 4.23. The van der Waals surface area contributed by atoms with Crippen molar-refractivity contribution in [2.75, 3.05) is 0 Å². The van der Waals surface area contributed by atoms with E-state index in [1.165, 1.54) is 5.57 Å². The first-order valence-corrected chi connectivity index (χ1v) is 6.23. The number of pyridine rings is 1. The molecule has 0 spiro atoms. The number of nitrogens with two attached hydrogens (primary N) is 1. The van der Waals surface area contributed by atoms with Crippen LogP contribution in [0.2, 0.25) is 0 Å². The summed E-state index contributed by atoms with van der Waals surface area (Å²) in [7, 11) is 0. The minimum atomic E-state index is 0.176. The number of hydrogen-bond donors (Lipinski definition) is 1. The van der Waals surface area contributed by atoms with Crippen LogP contribution in [0.4, 0.5) is 0 Å². The summed E-state index contributed by atoms with van der Waals surface area (Å²) in [6.45, 7) is 4.03. The van der Waals surface area contributed by atoms with Gasteiger partial charge in [0.2, 0.25) is 0 Å². The Morgan fingerprint density at radius 3 is 2.94 bits per heavy atom. The van der Waals surface area contributed by atoms with Crippen molar-refractivity contribution in [3.05, 3.63) is 30.1 Å². The van der Waals surface area contributed by atoms with Crippen LogP contribution in [0.3, 0.4) is 0 Å². The van der Waals surface area contributed by atoms with Gasteiger partial charge in [-0.15, -0.1) is 0 Å². The standard InChI is InChI=1S/C14H20N2O/c1-10(2)17-14-7-12(8-16-9-14)11-4-3-5-13(15)6-11/h6-10,13H,3-5,15H2,1-2H3. The molecule has 1 aliphatic carbocycles. The molecule has 0 bridgehead atoms. The Bertz CT molecular complexity index is 412. The van der Waals surface area contributed by atoms with Gasteiger partial charge in [0.1, 0.15) is 5.75 Å². The van der Waals surface area contributed by atoms with Crippen LogP contribution in [0, 0.1) is 0 Å². The summed E-state index contributed by atoms with van der Waals surface area (Å²) in [5, 5.41) is 0. The van der Waals surface area contributed by atoms with Gasteiger partial charge >= 0.3 is 0 Å². The van der Waals surface area contributed by atoms with E-state index in [1.54, 1.807) is 6.20 Å². The molecule has 1 atom stereocenters. The molecule has 1 aromatic rings. The first kappa shape index (κ1) is 12.1. The van der Waals surface area contributed by atoms with Gasteiger partial charge in [-0.1, -0.05) is 6.08 Å². The summed E-state index contributed by atoms with van der Waals surface area (Å²) in [6, 6.07) is 2.24. The summed E-state index contributed by atoms with van der Waals surface area (Å²) in [6.07, 6.45) is 9.29. The Kier molecular flexibility index (Phi) is 3.79. The van der Waals surface area contributed by atoms with Crippen molar-refractivity contribution in [2.45, 2.75) is 45.3 Å². The summed E-state index contributed by atoms with van der Waals surface area (Å²) in [5.74, 6) is 0.831. The molecule has 3 nitrogen and oxygen atoms in total. The minimum Gasteiger partial charge on any atom is -0.489 e. The third-order valence-electron chi connectivity index (χ3n) is 2.85. The van der Waals surface area contributed by atoms with Crippen molar-refractivity contribution < 1.29 is 4.74 Å². The van der Waals surface area contributed by atoms with Crippen LogP contribution in [-0.2, 0) is 0 Å². The van der Waals surface area contributed by atoms with Crippen LogP contribution in [0.15, 0.2) is 24.5 Å². The van der Waals surface area contributed by atoms with E-state index in [4.69, 9.17) is 10.5 Å². The molecule has 17 heavy (non-hydrogen) atoms. The zero-order valence-corrected chi connectivity index (χ0v) is 10.5. The molecule has 0 fully saturated rings. The van der Waals surface area contributed by atoms with Crippen molar-refractivity contribution in [3.8, 4) is 5.75 Å². The van der Waals surface area contributed by atoms with Gasteiger partial charge in [-0.3, -0.25) is 4.98 Å². The molecule has 1 heterocycles. The lowest BCUT2D eigenvalue weighted by Crippen LogP contribution is -2.20. The number of aromatic nitrogens is 1. The second-order valence-electron chi connectivity index (χ2n) is 4.82. The number of ether oxygens (including phenoxy) is 1. The Labute approximate surface area is 103 Å². The molecule has 2 N–H and O–H groups in total. The second-order valence-corrected chi connectivity index (χ2v) is 4.82. The zero-order valence-electron chi connectivity index (χ0n) is 10.5. The van der Waals surface area contributed by atoms with E-state index in [2.05, 4.69) is 17.1 Å². The Morgan fingerprint density at radius 1 is 1.41 bits per heavy atom. The maximum atomic E-state index is 5.95. The van der Waals surface area contributed by atoms with Gasteiger partial charge < -0.3 is 10.5 Å². The molecule has 2 rings (SSSR count). The largest absolute Gasteiger partial charge is 0.489 e. The smallest absolute Gasteiger partial charge is 0.138 e. The fourth-order valence-electron chi connectivity index (χ4n) is 2.12. The number of rotatable bonds is 3. The lowest BCUT2D eigenvalue weighted by molar-refractivity contribution is 0.241. The highest BCUT2D eigenvalue weighted by Crippen LogP contribution is 2.27. The van der Waals surface area contributed by atoms with Crippen LogP contribution in [0.25, 0.3) is 5.57 Å². The van der Waals surface area contributed by atoms with E-state index in [-0.39, 0.29) is 12.1 Å². The van der Waals surface area contributed by atoms with Crippen molar-refractivity contribution >= 4 is 5.57 Å². The average Bonchev–Trinajstić information content (AvgIpc) is 2.28. The van der Waals surface area contributed by atoms with Gasteiger partial charge in [0.05, 0.1) is 12.3 Å². The molecule has 0 radical (unpaired) electrons. The molecule has 0 amide bonds. The normalized spacial score (nSPS) is 20.2. The summed E-state index contributed by atoms with van der Waals surface area (Å²) >= 11 is 0. The number of nitrogens with zero attached hydrogens (tertiary/aromatic N) is 1. The third-order valence-corrected chi connectivity index (χ3v) is 2.85. The minimum absolute atomic E-state index is 0.176. The van der Waals surface area contributed by atoms with Gasteiger partial charge in [0.25, 0.3) is 0 Å². The summed E-state index contributed by atoms with van der Waals surface area (Å²) in [5.41, 5.74) is 8.39. The van der Waals surface area contributed by atoms with Crippen LogP contribution in [-0.4, -0.2) is 17.1 Å². The highest BCUT2D eigenvalue weighted by molar-refractivity contribution is 5.67. The van der Waals surface area contributed by atoms with Crippen LogP contribution >= 0.6 is 0 Å². The molecule has 0 saturated heterocycles. The van der Waals surface area contributed by atoms with Crippen molar-refractivity contribution in [2.24, 2.45) is 5.73 Å². The SMILES string of the molecule is CC(C)Oc1cncc(C2=CC(N)CCC2)c1. The molecule has 92 valence electrons. The van der Waals surface area contributed by atoms with Crippen molar-refractivity contribution in [1.82, 2.24) is 4.98 Å². The van der Waals surface area contributed by atoms with E-state index in [1.807, 2.05) is 20.0 Å². The Balaban J connectivity index is 2.20. The van der Waals surface area contributed by atoms with Gasteiger partial charge in [0.15, 0.2) is 0 Å². The maximum Gasteiger partial charge on any atom is 0.138 e. The van der Waals surface area contributed by atoms with Gasteiger partial charge in [0, 0.05) is 12.2 Å². The third kappa shape index (κ3) is 3.30. The Morgan fingerprint density at radius 2 is 2.24 bits per heavy atom. The molecule has 0 aliphatic heterocycles. The molecule has 1 unspecified atom stereocenters. The summed E-state index contributed by atoms with van der Waals surface area (Å²) < 4.78 is 5.65. The fourth-order valence-corrected chi connectivity index (χ4v) is 2.12. The monoisotopic (exact) mass is 232 g/mol. The lowest BCUT2D eigenvalue weighted by Gasteiger charge is -2.18. The molecular formula is C14H20N2O. The molecule has 3 heteroatoms. The molecular weight excluding hydrogens is 212 g/mol. The fraction of sp³-hybridized carbons (Fsp3) is 0.500. The van der Waals surface area contributed by atoms with E-state index >= 15 is 0 Å². The highest BCUT2D eigenvalue weighted by atomic mass is 16.5. The van der Waals surface area contributed by atoms with Gasteiger partial charge in [-0.25, -0.2) is 0 Å². The molecule has 1 aliphatic rings. The van der Waals surface area contributed by atoms with Crippen LogP contribution in [0.1, 0.15) is 38.7 Å². The van der Waals surface area contributed by atoms with E-state index in [0.29, 0.717) is 0 Å². The quantitative estimate of drug-likeness (QED) is 0.871. The Hall–Kier alpha value is -1.35. The van der Waals surface area contributed by atoms with Crippen molar-refractivity contribution in [1.29, 1.82) is 0 Å². The number of hydrogen-bond acceptors (Lipinski definition) is 3. The van der Waals surface area contributed by atoms with Gasteiger partial charge in [-0.05, 0) is 50.3 Å². The second kappa shape index (κ2) is 5.32. The maximum absolute atomic E-state index is 5.95. The van der Waals surface area contributed by atoms with E-state index < -0.39 is 0 Å². The first-order valence-electron chi connectivity index (χ1n) is 6.23. The number of allylic oxidation sites excluding steroid dienone is 1. The van der Waals surface area contributed by atoms with E-state index in [0.717, 1.165) is 30.6 Å². The van der Waals surface area contributed by atoms with Crippen LogP contribution < -0.4 is 10.5 Å². The topological polar surface area (TPSA) is 48.1 Å². The van der Waals surface area contributed by atoms with Gasteiger partial charge in [-0.2, -0.15) is 0 Å². The average molecular weight is 232 g/mol. The molecule has 1 aromatic heterocycles. The zero-order chi connectivity index (χ0) is 12.3. The molecule has 0 saturated carbocycles. The van der Waals surface area contributed by atoms with Crippen molar-refractivity contribution in [3.63, 3.8) is 0 Å². The molecule has 0 aromatic carbocycles. The van der Waals surface area contributed by atoms with Crippen LogP contribution in [0.5, 0.6) is 5.75 Å². The predicted octanol–water partition coefficient (Wildman–Crippen LogP) is 2.76. The first-order chi connectivity index (χ1) is 8.15. The van der Waals surface area contributed by atoms with E-state index in [9.17, 15) is 0 Å².